The minimum Gasteiger partial charge on any atom is -0.339 e. The highest BCUT2D eigenvalue weighted by atomic mass is 79.9. The second-order valence-electron chi connectivity index (χ2n) is 7.08. The largest absolute Gasteiger partial charge is 0.339 e. The molecule has 1 heterocycles. The van der Waals surface area contributed by atoms with Crippen LogP contribution in [0.4, 0.5) is 0 Å². The fourth-order valence-electron chi connectivity index (χ4n) is 3.30. The predicted molar refractivity (Wildman–Crippen MR) is 121 cm³/mol. The molecule has 3 aromatic rings. The van der Waals surface area contributed by atoms with Gasteiger partial charge < -0.3 is 4.90 Å². The Bertz CT molecular complexity index is 929. The molecule has 4 heteroatoms. The maximum atomic E-state index is 13.5. The summed E-state index contributed by atoms with van der Waals surface area (Å²) in [5, 5.41) is 0.923. The van der Waals surface area contributed by atoms with E-state index < -0.39 is 0 Å². The molecule has 0 fully saturated rings. The molecule has 0 saturated heterocycles. The van der Waals surface area contributed by atoms with Crippen molar-refractivity contribution in [2.75, 3.05) is 13.1 Å². The first-order valence-electron chi connectivity index (χ1n) is 10.1. The van der Waals surface area contributed by atoms with E-state index in [-0.39, 0.29) is 5.91 Å². The lowest BCUT2D eigenvalue weighted by Crippen LogP contribution is -2.33. The van der Waals surface area contributed by atoms with Crippen molar-refractivity contribution < 1.29 is 4.79 Å². The quantitative estimate of drug-likeness (QED) is 0.391. The van der Waals surface area contributed by atoms with Crippen molar-refractivity contribution in [3.05, 3.63) is 64.6 Å². The van der Waals surface area contributed by atoms with E-state index in [0.29, 0.717) is 0 Å². The van der Waals surface area contributed by atoms with Crippen LogP contribution in [0.5, 0.6) is 0 Å². The number of fused-ring (bicyclic) bond motifs is 1. The molecule has 0 aliphatic heterocycles. The van der Waals surface area contributed by atoms with E-state index in [2.05, 4.69) is 29.8 Å². The molecule has 1 amide bonds. The van der Waals surface area contributed by atoms with Crippen LogP contribution in [0.1, 0.15) is 49.9 Å². The number of hydrogen-bond donors (Lipinski definition) is 0. The van der Waals surface area contributed by atoms with Crippen LogP contribution in [0.15, 0.2) is 59.1 Å². The van der Waals surface area contributed by atoms with Crippen LogP contribution in [0, 0.1) is 0 Å². The molecule has 2 aromatic carbocycles. The number of hydrogen-bond acceptors (Lipinski definition) is 2. The van der Waals surface area contributed by atoms with Crippen molar-refractivity contribution in [1.29, 1.82) is 0 Å². The van der Waals surface area contributed by atoms with E-state index in [1.54, 1.807) is 0 Å². The van der Waals surface area contributed by atoms with Gasteiger partial charge in [-0.25, -0.2) is 4.98 Å². The number of nitrogens with zero attached hydrogens (tertiary/aromatic N) is 2. The molecule has 3 rings (SSSR count). The Morgan fingerprint density at radius 3 is 2.25 bits per heavy atom. The number of unbranched alkanes of at least 4 members (excludes halogenated alkanes) is 2. The van der Waals surface area contributed by atoms with Gasteiger partial charge >= 0.3 is 0 Å². The van der Waals surface area contributed by atoms with Crippen LogP contribution in [0.3, 0.4) is 0 Å². The molecule has 1 aromatic heterocycles. The summed E-state index contributed by atoms with van der Waals surface area (Å²) in [6, 6.07) is 18.0. The monoisotopic (exact) mass is 438 g/mol. The Morgan fingerprint density at radius 1 is 0.964 bits per heavy atom. The van der Waals surface area contributed by atoms with Crippen molar-refractivity contribution in [2.45, 2.75) is 39.5 Å². The third-order valence-electron chi connectivity index (χ3n) is 4.94. The Hall–Kier alpha value is -2.20. The summed E-state index contributed by atoms with van der Waals surface area (Å²) in [5.41, 5.74) is 3.45. The molecule has 0 atom stereocenters. The van der Waals surface area contributed by atoms with Gasteiger partial charge in [0.25, 0.3) is 5.91 Å². The van der Waals surface area contributed by atoms with E-state index in [4.69, 9.17) is 4.98 Å². The lowest BCUT2D eigenvalue weighted by atomic mass is 10.0. The highest BCUT2D eigenvalue weighted by molar-refractivity contribution is 9.10. The topological polar surface area (TPSA) is 33.2 Å². The molecule has 0 saturated carbocycles. The van der Waals surface area contributed by atoms with Gasteiger partial charge in [-0.1, -0.05) is 73.0 Å². The van der Waals surface area contributed by atoms with Crippen LogP contribution in [0.25, 0.3) is 22.2 Å². The normalized spacial score (nSPS) is 11.0. The third-order valence-corrected chi connectivity index (χ3v) is 5.47. The second kappa shape index (κ2) is 9.83. The van der Waals surface area contributed by atoms with Crippen LogP contribution < -0.4 is 0 Å². The summed E-state index contributed by atoms with van der Waals surface area (Å²) >= 11 is 3.48. The van der Waals surface area contributed by atoms with Gasteiger partial charge in [0, 0.05) is 28.5 Å². The Kier molecular flexibility index (Phi) is 7.21. The number of aromatic nitrogens is 1. The number of amides is 1. The average molecular weight is 439 g/mol. The van der Waals surface area contributed by atoms with E-state index >= 15 is 0 Å². The smallest absolute Gasteiger partial charge is 0.254 e. The number of pyridine rings is 1. The van der Waals surface area contributed by atoms with E-state index in [0.717, 1.165) is 71.0 Å². The molecule has 3 nitrogen and oxygen atoms in total. The van der Waals surface area contributed by atoms with Crippen LogP contribution >= 0.6 is 15.9 Å². The third kappa shape index (κ3) is 4.79. The van der Waals surface area contributed by atoms with Gasteiger partial charge in [0.1, 0.15) is 0 Å². The fraction of sp³-hybridized carbons (Fsp3) is 0.333. The van der Waals surface area contributed by atoms with Crippen molar-refractivity contribution in [2.24, 2.45) is 0 Å². The highest BCUT2D eigenvalue weighted by Crippen LogP contribution is 2.27. The standard InChI is InChI=1S/C24H27BrN2O/c1-3-5-15-27(16-6-4-2)24(28)21-17-23(18-11-13-19(25)14-12-18)26-22-10-8-7-9-20(21)22/h7-14,17H,3-6,15-16H2,1-2H3. The summed E-state index contributed by atoms with van der Waals surface area (Å²) in [4.78, 5) is 20.3. The van der Waals surface area contributed by atoms with Crippen molar-refractivity contribution in [3.8, 4) is 11.3 Å². The van der Waals surface area contributed by atoms with Crippen molar-refractivity contribution >= 4 is 32.7 Å². The zero-order valence-electron chi connectivity index (χ0n) is 16.6. The maximum absolute atomic E-state index is 13.5. The van der Waals surface area contributed by atoms with Crippen LogP contribution in [-0.4, -0.2) is 28.9 Å². The van der Waals surface area contributed by atoms with E-state index in [1.807, 2.05) is 59.5 Å². The summed E-state index contributed by atoms with van der Waals surface area (Å²) in [6.45, 7) is 5.94. The van der Waals surface area contributed by atoms with Gasteiger partial charge in [0.2, 0.25) is 0 Å². The first-order valence-corrected chi connectivity index (χ1v) is 10.9. The van der Waals surface area contributed by atoms with Crippen molar-refractivity contribution in [1.82, 2.24) is 9.88 Å². The SMILES string of the molecule is CCCCN(CCCC)C(=O)c1cc(-c2ccc(Br)cc2)nc2ccccc12. The molecule has 0 spiro atoms. The van der Waals surface area contributed by atoms with Crippen LogP contribution in [-0.2, 0) is 0 Å². The minimum absolute atomic E-state index is 0.110. The summed E-state index contributed by atoms with van der Waals surface area (Å²) < 4.78 is 1.03. The van der Waals surface area contributed by atoms with Gasteiger partial charge in [-0.2, -0.15) is 0 Å². The highest BCUT2D eigenvalue weighted by Gasteiger charge is 2.19. The first kappa shape index (κ1) is 20.5. The Labute approximate surface area is 175 Å². The molecule has 146 valence electrons. The number of para-hydroxylation sites is 1. The molecule has 0 aliphatic rings. The van der Waals surface area contributed by atoms with Crippen LogP contribution in [0.2, 0.25) is 0 Å². The zero-order valence-corrected chi connectivity index (χ0v) is 18.2. The number of halogens is 1. The van der Waals surface area contributed by atoms with Gasteiger partial charge in [-0.15, -0.1) is 0 Å². The Morgan fingerprint density at radius 2 is 1.61 bits per heavy atom. The molecule has 0 N–H and O–H groups in total. The lowest BCUT2D eigenvalue weighted by Gasteiger charge is -2.23. The van der Waals surface area contributed by atoms with E-state index in [9.17, 15) is 4.79 Å². The minimum atomic E-state index is 0.110. The molecule has 28 heavy (non-hydrogen) atoms. The number of carbonyl (C=O) groups excluding carboxylic acids is 1. The van der Waals surface area contributed by atoms with Gasteiger partial charge in [0.05, 0.1) is 16.8 Å². The second-order valence-corrected chi connectivity index (χ2v) is 7.99. The molecule has 0 unspecified atom stereocenters. The van der Waals surface area contributed by atoms with Gasteiger partial charge in [-0.05, 0) is 37.1 Å². The predicted octanol–water partition coefficient (Wildman–Crippen LogP) is 6.71. The summed E-state index contributed by atoms with van der Waals surface area (Å²) in [7, 11) is 0. The summed E-state index contributed by atoms with van der Waals surface area (Å²) in [6.07, 6.45) is 4.21. The maximum Gasteiger partial charge on any atom is 0.254 e. The number of benzene rings is 2. The fourth-order valence-corrected chi connectivity index (χ4v) is 3.57. The molecular weight excluding hydrogens is 412 g/mol. The van der Waals surface area contributed by atoms with Crippen molar-refractivity contribution in [3.63, 3.8) is 0 Å². The van der Waals surface area contributed by atoms with Gasteiger partial charge in [-0.3, -0.25) is 4.79 Å². The first-order chi connectivity index (χ1) is 13.6. The number of rotatable bonds is 8. The molecule has 0 bridgehead atoms. The molecule has 0 aliphatic carbocycles. The summed E-state index contributed by atoms with van der Waals surface area (Å²) in [5.74, 6) is 0.110. The Balaban J connectivity index is 2.06. The molecule has 0 radical (unpaired) electrons. The lowest BCUT2D eigenvalue weighted by molar-refractivity contribution is 0.0753. The molecular formula is C24H27BrN2O. The number of carbonyl (C=O) groups is 1. The van der Waals surface area contributed by atoms with Gasteiger partial charge in [0.15, 0.2) is 0 Å². The zero-order chi connectivity index (χ0) is 19.9. The van der Waals surface area contributed by atoms with E-state index in [1.165, 1.54) is 0 Å². The average Bonchev–Trinajstić information content (AvgIpc) is 2.73.